The fraction of sp³-hybridized carbons (Fsp3) is 0.316. The summed E-state index contributed by atoms with van der Waals surface area (Å²) in [6, 6.07) is 14.8. The second kappa shape index (κ2) is 8.20. The summed E-state index contributed by atoms with van der Waals surface area (Å²) in [5.74, 6) is -0.274. The molecule has 26 heavy (non-hydrogen) atoms. The minimum atomic E-state index is -3.69. The van der Waals surface area contributed by atoms with Crippen molar-refractivity contribution in [3.63, 3.8) is 0 Å². The molecule has 5 nitrogen and oxygen atoms in total. The number of hydrogen-bond acceptors (Lipinski definition) is 3. The van der Waals surface area contributed by atoms with Crippen molar-refractivity contribution in [2.45, 2.75) is 36.7 Å². The van der Waals surface area contributed by atoms with Gasteiger partial charge in [-0.2, -0.15) is 4.31 Å². The van der Waals surface area contributed by atoms with Crippen LogP contribution in [0.4, 0.5) is 0 Å². The molecule has 1 atom stereocenters. The van der Waals surface area contributed by atoms with Crippen LogP contribution < -0.4 is 5.32 Å². The van der Waals surface area contributed by atoms with Gasteiger partial charge >= 0.3 is 0 Å². The molecule has 7 heteroatoms. The van der Waals surface area contributed by atoms with Crippen LogP contribution in [-0.4, -0.2) is 31.2 Å². The lowest BCUT2D eigenvalue weighted by Crippen LogP contribution is -2.51. The number of nitrogens with zero attached hydrogens (tertiary/aromatic N) is 1. The molecule has 1 saturated heterocycles. The van der Waals surface area contributed by atoms with Crippen LogP contribution in [0.1, 0.15) is 24.8 Å². The predicted octanol–water partition coefficient (Wildman–Crippen LogP) is 3.20. The number of sulfonamides is 1. The standard InChI is InChI=1S/C19H21ClN2O3S/c20-16-8-6-7-15(13-16)14-21-19(23)18-11-4-5-12-22(18)26(24,25)17-9-2-1-3-10-17/h1-3,6-10,13,18H,4-5,11-12,14H2,(H,21,23). The van der Waals surface area contributed by atoms with Gasteiger partial charge in [0.15, 0.2) is 0 Å². The summed E-state index contributed by atoms with van der Waals surface area (Å²) in [4.78, 5) is 12.9. The van der Waals surface area contributed by atoms with Gasteiger partial charge in [0.1, 0.15) is 6.04 Å². The lowest BCUT2D eigenvalue weighted by atomic mass is 10.0. The monoisotopic (exact) mass is 392 g/mol. The van der Waals surface area contributed by atoms with Gasteiger partial charge in [0.25, 0.3) is 0 Å². The highest BCUT2D eigenvalue weighted by Crippen LogP contribution is 2.25. The average molecular weight is 393 g/mol. The van der Waals surface area contributed by atoms with E-state index < -0.39 is 16.1 Å². The Hall–Kier alpha value is -1.89. The van der Waals surface area contributed by atoms with Crippen LogP contribution in [0.15, 0.2) is 59.5 Å². The molecule has 2 aromatic carbocycles. The molecule has 1 heterocycles. The molecule has 0 bridgehead atoms. The van der Waals surface area contributed by atoms with Crippen LogP contribution >= 0.6 is 11.6 Å². The summed E-state index contributed by atoms with van der Waals surface area (Å²) >= 11 is 5.96. The van der Waals surface area contributed by atoms with Crippen molar-refractivity contribution in [3.05, 3.63) is 65.2 Å². The average Bonchev–Trinajstić information content (AvgIpc) is 2.67. The molecule has 0 saturated carbocycles. The van der Waals surface area contributed by atoms with Crippen molar-refractivity contribution in [2.75, 3.05) is 6.54 Å². The molecule has 2 aromatic rings. The van der Waals surface area contributed by atoms with Gasteiger partial charge in [0.2, 0.25) is 15.9 Å². The van der Waals surface area contributed by atoms with E-state index in [1.165, 1.54) is 4.31 Å². The Balaban J connectivity index is 1.75. The van der Waals surface area contributed by atoms with Crippen molar-refractivity contribution in [3.8, 4) is 0 Å². The summed E-state index contributed by atoms with van der Waals surface area (Å²) in [5.41, 5.74) is 0.874. The molecule has 1 fully saturated rings. The summed E-state index contributed by atoms with van der Waals surface area (Å²) in [5, 5.41) is 3.45. The molecule has 3 rings (SSSR count). The Kier molecular flexibility index (Phi) is 5.96. The van der Waals surface area contributed by atoms with Crippen LogP contribution in [0.25, 0.3) is 0 Å². The maximum atomic E-state index is 12.9. The third kappa shape index (κ3) is 4.26. The van der Waals surface area contributed by atoms with Gasteiger partial charge in [-0.05, 0) is 42.7 Å². The van der Waals surface area contributed by atoms with E-state index in [0.29, 0.717) is 24.5 Å². The number of carbonyl (C=O) groups excluding carboxylic acids is 1. The van der Waals surface area contributed by atoms with Gasteiger partial charge in [-0.3, -0.25) is 4.79 Å². The van der Waals surface area contributed by atoms with E-state index in [9.17, 15) is 13.2 Å². The zero-order valence-electron chi connectivity index (χ0n) is 14.3. The van der Waals surface area contributed by atoms with Gasteiger partial charge in [0.05, 0.1) is 4.90 Å². The quantitative estimate of drug-likeness (QED) is 0.849. The Morgan fingerprint density at radius 2 is 1.88 bits per heavy atom. The maximum absolute atomic E-state index is 12.9. The number of carbonyl (C=O) groups is 1. The second-order valence-electron chi connectivity index (χ2n) is 6.29. The number of piperidine rings is 1. The zero-order chi connectivity index (χ0) is 18.6. The minimum absolute atomic E-state index is 0.217. The van der Waals surface area contributed by atoms with Crippen molar-refractivity contribution < 1.29 is 13.2 Å². The van der Waals surface area contributed by atoms with Crippen LogP contribution in [0, 0.1) is 0 Å². The lowest BCUT2D eigenvalue weighted by Gasteiger charge is -2.33. The largest absolute Gasteiger partial charge is 0.351 e. The number of nitrogens with one attached hydrogen (secondary N) is 1. The fourth-order valence-electron chi connectivity index (χ4n) is 3.14. The van der Waals surface area contributed by atoms with Gasteiger partial charge in [-0.25, -0.2) is 8.42 Å². The van der Waals surface area contributed by atoms with E-state index in [4.69, 9.17) is 11.6 Å². The number of rotatable bonds is 5. The molecule has 0 radical (unpaired) electrons. The van der Waals surface area contributed by atoms with Gasteiger partial charge in [-0.15, -0.1) is 0 Å². The highest BCUT2D eigenvalue weighted by atomic mass is 35.5. The first-order chi connectivity index (χ1) is 12.5. The fourth-order valence-corrected chi connectivity index (χ4v) is 5.03. The molecule has 1 aliphatic rings. The van der Waals surface area contributed by atoms with Crippen molar-refractivity contribution >= 4 is 27.5 Å². The summed E-state index contributed by atoms with van der Waals surface area (Å²) in [6.07, 6.45) is 2.10. The molecule has 1 aliphatic heterocycles. The van der Waals surface area contributed by atoms with Crippen LogP contribution in [0.2, 0.25) is 5.02 Å². The van der Waals surface area contributed by atoms with E-state index in [2.05, 4.69) is 5.32 Å². The molecular weight excluding hydrogens is 372 g/mol. The first-order valence-electron chi connectivity index (χ1n) is 8.57. The van der Waals surface area contributed by atoms with E-state index >= 15 is 0 Å². The van der Waals surface area contributed by atoms with Gasteiger partial charge < -0.3 is 5.32 Å². The van der Waals surface area contributed by atoms with Crippen molar-refractivity contribution in [1.29, 1.82) is 0 Å². The Morgan fingerprint density at radius 1 is 1.12 bits per heavy atom. The summed E-state index contributed by atoms with van der Waals surface area (Å²) in [7, 11) is -3.69. The minimum Gasteiger partial charge on any atom is -0.351 e. The molecule has 0 spiro atoms. The molecule has 1 N–H and O–H groups in total. The first-order valence-corrected chi connectivity index (χ1v) is 10.4. The summed E-state index contributed by atoms with van der Waals surface area (Å²) < 4.78 is 27.2. The maximum Gasteiger partial charge on any atom is 0.243 e. The smallest absolute Gasteiger partial charge is 0.243 e. The number of benzene rings is 2. The third-order valence-electron chi connectivity index (χ3n) is 4.46. The normalized spacial score (nSPS) is 18.4. The lowest BCUT2D eigenvalue weighted by molar-refractivity contribution is -0.125. The van der Waals surface area contributed by atoms with E-state index in [1.807, 2.05) is 12.1 Å². The van der Waals surface area contributed by atoms with Crippen LogP contribution in [0.3, 0.4) is 0 Å². The number of hydrogen-bond donors (Lipinski definition) is 1. The Labute approximate surface area is 159 Å². The SMILES string of the molecule is O=C(NCc1cccc(Cl)c1)C1CCCCN1S(=O)(=O)c1ccccc1. The van der Waals surface area contributed by atoms with E-state index in [-0.39, 0.29) is 10.8 Å². The number of amides is 1. The molecule has 1 unspecified atom stereocenters. The highest BCUT2D eigenvalue weighted by Gasteiger charge is 2.37. The Morgan fingerprint density at radius 3 is 2.62 bits per heavy atom. The van der Waals surface area contributed by atoms with Gasteiger partial charge in [-0.1, -0.05) is 48.4 Å². The number of halogens is 1. The molecular formula is C19H21ClN2O3S. The highest BCUT2D eigenvalue weighted by molar-refractivity contribution is 7.89. The predicted molar refractivity (Wildman–Crippen MR) is 101 cm³/mol. The Bertz CT molecular complexity index is 871. The van der Waals surface area contributed by atoms with Crippen LogP contribution in [-0.2, 0) is 21.4 Å². The molecule has 138 valence electrons. The first kappa shape index (κ1) is 18.9. The van der Waals surface area contributed by atoms with Crippen molar-refractivity contribution in [2.24, 2.45) is 0 Å². The molecule has 1 amide bonds. The molecule has 0 aliphatic carbocycles. The second-order valence-corrected chi connectivity index (χ2v) is 8.62. The van der Waals surface area contributed by atoms with Crippen molar-refractivity contribution in [1.82, 2.24) is 9.62 Å². The van der Waals surface area contributed by atoms with E-state index in [0.717, 1.165) is 18.4 Å². The van der Waals surface area contributed by atoms with Gasteiger partial charge in [0, 0.05) is 18.1 Å². The van der Waals surface area contributed by atoms with Crippen LogP contribution in [0.5, 0.6) is 0 Å². The zero-order valence-corrected chi connectivity index (χ0v) is 15.8. The third-order valence-corrected chi connectivity index (χ3v) is 6.62. The van der Waals surface area contributed by atoms with E-state index in [1.54, 1.807) is 42.5 Å². The molecule has 0 aromatic heterocycles. The topological polar surface area (TPSA) is 66.5 Å². The summed E-state index contributed by atoms with van der Waals surface area (Å²) in [6.45, 7) is 0.668.